The van der Waals surface area contributed by atoms with Crippen molar-refractivity contribution in [2.45, 2.75) is 75.9 Å². The van der Waals surface area contributed by atoms with Crippen LogP contribution in [-0.2, 0) is 0 Å². The second-order valence-corrected chi connectivity index (χ2v) is 11.3. The topological polar surface area (TPSA) is 38.8 Å². The number of hydrogen-bond acceptors (Lipinski definition) is 3. The Hall–Kier alpha value is -1.73. The molecule has 0 bridgehead atoms. The molecule has 2 heterocycles. The summed E-state index contributed by atoms with van der Waals surface area (Å²) >= 11 is 0. The van der Waals surface area contributed by atoms with E-state index in [1.54, 1.807) is 0 Å². The van der Waals surface area contributed by atoms with Gasteiger partial charge in [-0.1, -0.05) is 30.3 Å². The van der Waals surface area contributed by atoms with Crippen molar-refractivity contribution < 1.29 is 13.6 Å². The highest BCUT2D eigenvalue weighted by Crippen LogP contribution is 2.46. The van der Waals surface area contributed by atoms with Crippen molar-refractivity contribution >= 4 is 6.03 Å². The van der Waals surface area contributed by atoms with E-state index < -0.39 is 12.0 Å². The van der Waals surface area contributed by atoms with Gasteiger partial charge >= 0.3 is 6.03 Å². The van der Waals surface area contributed by atoms with Crippen LogP contribution in [0.1, 0.15) is 57.4 Å². The van der Waals surface area contributed by atoms with E-state index in [9.17, 15) is 4.79 Å². The number of carbonyl (C=O) groups is 1. The van der Waals surface area contributed by atoms with E-state index in [-0.39, 0.29) is 18.5 Å². The van der Waals surface area contributed by atoms with Gasteiger partial charge in [0.05, 0.1) is 0 Å². The average molecular weight is 475 g/mol. The molecule has 4 fully saturated rings. The molecule has 188 valence electrons. The van der Waals surface area contributed by atoms with Crippen LogP contribution >= 0.6 is 0 Å². The fraction of sp³-hybridized carbons (Fsp3) is 0.741. The standard InChI is InChI=1S/C27H40F2N4O/c1-19(2)31-11-13-32(14-12-31)24-9-6-10-27(28,29)25(24)30-26(34)33-17-22-15-21(16-23(22)18-33)20-7-4-3-5-8-20/h3-5,7-8,19,21-25H,6,9-18H2,1-2H3,(H,30,34)/t21-,22-,23+,24-,25+/m0/s1. The number of urea groups is 1. The number of rotatable bonds is 4. The highest BCUT2D eigenvalue weighted by Gasteiger charge is 2.51. The van der Waals surface area contributed by atoms with Crippen LogP contribution < -0.4 is 5.32 Å². The second-order valence-electron chi connectivity index (χ2n) is 11.3. The van der Waals surface area contributed by atoms with Crippen molar-refractivity contribution in [3.63, 3.8) is 0 Å². The van der Waals surface area contributed by atoms with E-state index in [0.29, 0.717) is 43.3 Å². The first kappa shape index (κ1) is 24.0. The minimum atomic E-state index is -2.86. The number of nitrogens with zero attached hydrogens (tertiary/aromatic N) is 3. The Balaban J connectivity index is 1.20. The van der Waals surface area contributed by atoms with Gasteiger partial charge in [0.25, 0.3) is 5.92 Å². The maximum Gasteiger partial charge on any atom is 0.317 e. The Bertz CT molecular complexity index is 828. The largest absolute Gasteiger partial charge is 0.328 e. The first-order chi connectivity index (χ1) is 16.3. The van der Waals surface area contributed by atoms with E-state index in [0.717, 1.165) is 45.4 Å². The summed E-state index contributed by atoms with van der Waals surface area (Å²) in [6.07, 6.45) is 3.28. The summed E-state index contributed by atoms with van der Waals surface area (Å²) in [5.41, 5.74) is 1.38. The maximum absolute atomic E-state index is 15.1. The Kier molecular flexibility index (Phi) is 6.86. The number of hydrogen-bond donors (Lipinski definition) is 1. The molecule has 2 saturated heterocycles. The van der Waals surface area contributed by atoms with Crippen LogP contribution in [0.2, 0.25) is 0 Å². The number of carbonyl (C=O) groups excluding carboxylic acids is 1. The zero-order chi connectivity index (χ0) is 23.9. The molecule has 0 radical (unpaired) electrons. The van der Waals surface area contributed by atoms with Crippen LogP contribution in [0.25, 0.3) is 0 Å². The van der Waals surface area contributed by atoms with Crippen molar-refractivity contribution in [1.29, 1.82) is 0 Å². The minimum Gasteiger partial charge on any atom is -0.328 e. The summed E-state index contributed by atoms with van der Waals surface area (Å²) < 4.78 is 30.3. The molecule has 7 heteroatoms. The van der Waals surface area contributed by atoms with Gasteiger partial charge < -0.3 is 10.2 Å². The summed E-state index contributed by atoms with van der Waals surface area (Å²) in [4.78, 5) is 19.6. The van der Waals surface area contributed by atoms with E-state index in [1.165, 1.54) is 5.56 Å². The molecule has 2 amide bonds. The molecule has 0 spiro atoms. The number of fused-ring (bicyclic) bond motifs is 1. The van der Waals surface area contributed by atoms with Crippen molar-refractivity contribution in [1.82, 2.24) is 20.0 Å². The van der Waals surface area contributed by atoms with Gasteiger partial charge in [-0.15, -0.1) is 0 Å². The average Bonchev–Trinajstić information content (AvgIpc) is 3.40. The molecule has 2 aliphatic carbocycles. The molecular formula is C27H40F2N4O. The lowest BCUT2D eigenvalue weighted by Gasteiger charge is -2.47. The molecule has 5 atom stereocenters. The molecule has 2 aliphatic heterocycles. The molecule has 0 aromatic heterocycles. The third-order valence-corrected chi connectivity index (χ3v) is 8.99. The van der Waals surface area contributed by atoms with Crippen LogP contribution in [0.3, 0.4) is 0 Å². The SMILES string of the molecule is CC(C)N1CCN([C@H]2CCCC(F)(F)[C@@H]2NC(=O)N2C[C@H]3C[C@@H](c4ccccc4)C[C@H]3C2)CC1. The smallest absolute Gasteiger partial charge is 0.317 e. The summed E-state index contributed by atoms with van der Waals surface area (Å²) in [5.74, 6) is -1.36. The first-order valence-corrected chi connectivity index (χ1v) is 13.3. The van der Waals surface area contributed by atoms with E-state index >= 15 is 8.78 Å². The fourth-order valence-corrected chi connectivity index (χ4v) is 7.02. The highest BCUT2D eigenvalue weighted by molar-refractivity contribution is 5.75. The monoisotopic (exact) mass is 474 g/mol. The fourth-order valence-electron chi connectivity index (χ4n) is 7.02. The Morgan fingerprint density at radius 1 is 1.03 bits per heavy atom. The number of benzene rings is 1. The van der Waals surface area contributed by atoms with Crippen molar-refractivity contribution in [3.8, 4) is 0 Å². The lowest BCUT2D eigenvalue weighted by Crippen LogP contribution is -2.65. The number of nitrogens with one attached hydrogen (secondary N) is 1. The molecule has 4 aliphatic rings. The molecule has 1 aromatic carbocycles. The molecule has 1 aromatic rings. The van der Waals surface area contributed by atoms with E-state index in [2.05, 4.69) is 53.2 Å². The van der Waals surface area contributed by atoms with Gasteiger partial charge in [0.15, 0.2) is 0 Å². The third-order valence-electron chi connectivity index (χ3n) is 8.99. The predicted octanol–water partition coefficient (Wildman–Crippen LogP) is 4.40. The second kappa shape index (κ2) is 9.73. The molecule has 1 N–H and O–H groups in total. The van der Waals surface area contributed by atoms with Gasteiger partial charge in [-0.05, 0) is 62.8 Å². The molecule has 2 saturated carbocycles. The van der Waals surface area contributed by atoms with Crippen molar-refractivity contribution in [2.24, 2.45) is 11.8 Å². The van der Waals surface area contributed by atoms with E-state index in [4.69, 9.17) is 0 Å². The highest BCUT2D eigenvalue weighted by atomic mass is 19.3. The van der Waals surface area contributed by atoms with Crippen LogP contribution in [0, 0.1) is 11.8 Å². The summed E-state index contributed by atoms with van der Waals surface area (Å²) in [6, 6.07) is 9.42. The molecule has 5 nitrogen and oxygen atoms in total. The van der Waals surface area contributed by atoms with Crippen LogP contribution in [0.4, 0.5) is 13.6 Å². The van der Waals surface area contributed by atoms with Crippen molar-refractivity contribution in [3.05, 3.63) is 35.9 Å². The van der Waals surface area contributed by atoms with Crippen molar-refractivity contribution in [2.75, 3.05) is 39.3 Å². The van der Waals surface area contributed by atoms with Crippen LogP contribution in [-0.4, -0.2) is 84.0 Å². The van der Waals surface area contributed by atoms with E-state index in [1.807, 2.05) is 11.0 Å². The minimum absolute atomic E-state index is 0.135. The number of likely N-dealkylation sites (tertiary alicyclic amines) is 1. The van der Waals surface area contributed by atoms with Gasteiger partial charge in [-0.3, -0.25) is 9.80 Å². The number of piperazine rings is 1. The van der Waals surface area contributed by atoms with Crippen LogP contribution in [0.15, 0.2) is 30.3 Å². The third kappa shape index (κ3) is 4.83. The number of halogens is 2. The van der Waals surface area contributed by atoms with Gasteiger partial charge in [0.2, 0.25) is 0 Å². The normalized spacial score (nSPS) is 34.4. The summed E-state index contributed by atoms with van der Waals surface area (Å²) in [7, 11) is 0. The predicted molar refractivity (Wildman–Crippen MR) is 130 cm³/mol. The number of amides is 2. The molecule has 5 rings (SSSR count). The lowest BCUT2D eigenvalue weighted by atomic mass is 9.85. The van der Waals surface area contributed by atoms with Gasteiger partial charge in [-0.2, -0.15) is 0 Å². The Morgan fingerprint density at radius 3 is 2.29 bits per heavy atom. The zero-order valence-corrected chi connectivity index (χ0v) is 20.6. The zero-order valence-electron chi connectivity index (χ0n) is 20.6. The number of alkyl halides is 2. The Morgan fingerprint density at radius 2 is 1.68 bits per heavy atom. The summed E-state index contributed by atoms with van der Waals surface area (Å²) in [6.45, 7) is 9.13. The van der Waals surface area contributed by atoms with Gasteiger partial charge in [0.1, 0.15) is 6.04 Å². The Labute approximate surface area is 202 Å². The quantitative estimate of drug-likeness (QED) is 0.703. The molecule has 34 heavy (non-hydrogen) atoms. The molecule has 0 unspecified atom stereocenters. The molecular weight excluding hydrogens is 434 g/mol. The first-order valence-electron chi connectivity index (χ1n) is 13.3. The summed E-state index contributed by atoms with van der Waals surface area (Å²) in [5, 5.41) is 2.85. The lowest BCUT2D eigenvalue weighted by molar-refractivity contribution is -0.0971. The van der Waals surface area contributed by atoms with Gasteiger partial charge in [0, 0.05) is 57.8 Å². The van der Waals surface area contributed by atoms with Gasteiger partial charge in [-0.25, -0.2) is 13.6 Å². The van der Waals surface area contributed by atoms with Crippen LogP contribution in [0.5, 0.6) is 0 Å². The maximum atomic E-state index is 15.1.